The highest BCUT2D eigenvalue weighted by Gasteiger charge is 2.31. The predicted octanol–water partition coefficient (Wildman–Crippen LogP) is 6.00. The average molecular weight is 367 g/mol. The van der Waals surface area contributed by atoms with E-state index >= 15 is 0 Å². The summed E-state index contributed by atoms with van der Waals surface area (Å²) < 4.78 is 40.4. The van der Waals surface area contributed by atoms with Crippen LogP contribution in [0.25, 0.3) is 22.2 Å². The number of imidazole rings is 1. The molecular weight excluding hydrogens is 351 g/mol. The first-order valence-electron chi connectivity index (χ1n) is 8.38. The van der Waals surface area contributed by atoms with Crippen LogP contribution in [0.4, 0.5) is 24.8 Å². The molecule has 1 heterocycles. The van der Waals surface area contributed by atoms with E-state index in [1.165, 1.54) is 6.07 Å². The fourth-order valence-electron chi connectivity index (χ4n) is 2.99. The lowest BCUT2D eigenvalue weighted by Crippen LogP contribution is -2.04. The summed E-state index contributed by atoms with van der Waals surface area (Å²) in [7, 11) is 1.77. The first-order chi connectivity index (χ1) is 12.9. The Bertz CT molecular complexity index is 1080. The number of fused-ring (bicyclic) bond motifs is 1. The Kier molecular flexibility index (Phi) is 4.11. The van der Waals surface area contributed by atoms with Crippen LogP contribution in [0.1, 0.15) is 5.56 Å². The zero-order chi connectivity index (χ0) is 19.0. The van der Waals surface area contributed by atoms with Gasteiger partial charge in [-0.15, -0.1) is 0 Å². The first kappa shape index (κ1) is 17.1. The van der Waals surface area contributed by atoms with Crippen LogP contribution in [0, 0.1) is 0 Å². The van der Waals surface area contributed by atoms with Crippen LogP contribution in [0.5, 0.6) is 0 Å². The third-order valence-corrected chi connectivity index (χ3v) is 4.46. The molecule has 0 unspecified atom stereocenters. The molecule has 0 saturated heterocycles. The molecule has 0 amide bonds. The van der Waals surface area contributed by atoms with Gasteiger partial charge in [-0.2, -0.15) is 13.2 Å². The summed E-state index contributed by atoms with van der Waals surface area (Å²) in [6.07, 6.45) is -4.38. The molecule has 0 aliphatic rings. The summed E-state index contributed by atoms with van der Waals surface area (Å²) in [4.78, 5) is 4.31. The Balaban J connectivity index is 1.62. The third kappa shape index (κ3) is 3.38. The molecule has 0 spiro atoms. The van der Waals surface area contributed by atoms with Crippen molar-refractivity contribution in [3.8, 4) is 11.1 Å². The van der Waals surface area contributed by atoms with Gasteiger partial charge in [0.05, 0.1) is 16.6 Å². The van der Waals surface area contributed by atoms with Crippen molar-refractivity contribution in [2.75, 3.05) is 5.32 Å². The second-order valence-electron chi connectivity index (χ2n) is 6.26. The number of aryl methyl sites for hydroxylation is 1. The number of benzene rings is 3. The number of hydrogen-bond donors (Lipinski definition) is 1. The van der Waals surface area contributed by atoms with E-state index < -0.39 is 11.7 Å². The molecular formula is C21H16F3N3. The Morgan fingerprint density at radius 2 is 1.52 bits per heavy atom. The molecule has 4 aromatic rings. The molecule has 0 bridgehead atoms. The highest BCUT2D eigenvalue weighted by atomic mass is 19.4. The molecule has 4 rings (SSSR count). The molecule has 1 aromatic heterocycles. The second-order valence-corrected chi connectivity index (χ2v) is 6.26. The number of halogens is 3. The number of hydrogen-bond acceptors (Lipinski definition) is 2. The van der Waals surface area contributed by atoms with Crippen molar-refractivity contribution in [2.24, 2.45) is 7.05 Å². The molecule has 6 heteroatoms. The summed E-state index contributed by atoms with van der Waals surface area (Å²) in [5.74, 6) is 0.483. The van der Waals surface area contributed by atoms with Gasteiger partial charge in [0.15, 0.2) is 0 Å². The molecule has 0 aliphatic heterocycles. The maximum atomic E-state index is 12.9. The molecule has 0 atom stereocenters. The number of anilines is 2. The monoisotopic (exact) mass is 367 g/mol. The van der Waals surface area contributed by atoms with Crippen molar-refractivity contribution in [1.29, 1.82) is 0 Å². The van der Waals surface area contributed by atoms with Gasteiger partial charge in [-0.25, -0.2) is 4.98 Å². The quantitative estimate of drug-likeness (QED) is 0.481. The van der Waals surface area contributed by atoms with Gasteiger partial charge < -0.3 is 9.88 Å². The van der Waals surface area contributed by atoms with Crippen molar-refractivity contribution < 1.29 is 13.2 Å². The molecule has 0 aliphatic carbocycles. The van der Waals surface area contributed by atoms with Gasteiger partial charge >= 0.3 is 6.18 Å². The maximum Gasteiger partial charge on any atom is 0.416 e. The zero-order valence-electron chi connectivity index (χ0n) is 14.5. The van der Waals surface area contributed by atoms with Gasteiger partial charge in [-0.05, 0) is 41.5 Å². The SMILES string of the molecule is Cn1c(Nc2ccc(-c3ccccc3)cc2)nc2cc(C(F)(F)F)ccc21. The van der Waals surface area contributed by atoms with E-state index in [0.29, 0.717) is 17.0 Å². The fraction of sp³-hybridized carbons (Fsp3) is 0.0952. The number of nitrogens with one attached hydrogen (secondary N) is 1. The second kappa shape index (κ2) is 6.46. The lowest BCUT2D eigenvalue weighted by atomic mass is 10.1. The fourth-order valence-corrected chi connectivity index (χ4v) is 2.99. The van der Waals surface area contributed by atoms with E-state index in [1.54, 1.807) is 11.6 Å². The van der Waals surface area contributed by atoms with Crippen molar-refractivity contribution in [3.63, 3.8) is 0 Å². The topological polar surface area (TPSA) is 29.9 Å². The Morgan fingerprint density at radius 1 is 0.852 bits per heavy atom. The Hall–Kier alpha value is -3.28. The van der Waals surface area contributed by atoms with E-state index in [-0.39, 0.29) is 0 Å². The van der Waals surface area contributed by atoms with Gasteiger partial charge in [0, 0.05) is 12.7 Å². The minimum atomic E-state index is -4.38. The van der Waals surface area contributed by atoms with Crippen LogP contribution >= 0.6 is 0 Å². The Morgan fingerprint density at radius 3 is 2.19 bits per heavy atom. The smallest absolute Gasteiger partial charge is 0.326 e. The van der Waals surface area contributed by atoms with E-state index in [2.05, 4.69) is 10.3 Å². The van der Waals surface area contributed by atoms with Crippen LogP contribution in [-0.2, 0) is 13.2 Å². The van der Waals surface area contributed by atoms with E-state index in [4.69, 9.17) is 0 Å². The van der Waals surface area contributed by atoms with Crippen molar-refractivity contribution >= 4 is 22.7 Å². The minimum absolute atomic E-state index is 0.302. The van der Waals surface area contributed by atoms with Crippen LogP contribution in [0.15, 0.2) is 72.8 Å². The predicted molar refractivity (Wildman–Crippen MR) is 101 cm³/mol. The third-order valence-electron chi connectivity index (χ3n) is 4.46. The van der Waals surface area contributed by atoms with Gasteiger partial charge in [0.25, 0.3) is 0 Å². The largest absolute Gasteiger partial charge is 0.416 e. The average Bonchev–Trinajstić information content (AvgIpc) is 2.97. The summed E-state index contributed by atoms with van der Waals surface area (Å²) in [6, 6.07) is 21.4. The summed E-state index contributed by atoms with van der Waals surface area (Å²) in [5.41, 5.74) is 3.24. The van der Waals surface area contributed by atoms with Crippen molar-refractivity contribution in [3.05, 3.63) is 78.4 Å². The number of nitrogens with zero attached hydrogens (tertiary/aromatic N) is 2. The molecule has 27 heavy (non-hydrogen) atoms. The highest BCUT2D eigenvalue weighted by molar-refractivity contribution is 5.80. The molecule has 0 saturated carbocycles. The number of alkyl halides is 3. The van der Waals surface area contributed by atoms with Crippen molar-refractivity contribution in [1.82, 2.24) is 9.55 Å². The van der Waals surface area contributed by atoms with Gasteiger partial charge in [-0.3, -0.25) is 0 Å². The number of aromatic nitrogens is 2. The van der Waals surface area contributed by atoms with E-state index in [0.717, 1.165) is 28.9 Å². The normalized spacial score (nSPS) is 11.7. The van der Waals surface area contributed by atoms with Crippen LogP contribution in [-0.4, -0.2) is 9.55 Å². The lowest BCUT2D eigenvalue weighted by molar-refractivity contribution is -0.137. The van der Waals surface area contributed by atoms with Gasteiger partial charge in [-0.1, -0.05) is 42.5 Å². The molecule has 136 valence electrons. The standard InChI is InChI=1S/C21H16F3N3/c1-27-19-12-9-16(21(22,23)24)13-18(19)26-20(27)25-17-10-7-15(8-11-17)14-5-3-2-4-6-14/h2-13H,1H3,(H,25,26). The zero-order valence-corrected chi connectivity index (χ0v) is 14.5. The van der Waals surface area contributed by atoms with Crippen LogP contribution < -0.4 is 5.32 Å². The lowest BCUT2D eigenvalue weighted by Gasteiger charge is -2.08. The molecule has 1 N–H and O–H groups in total. The van der Waals surface area contributed by atoms with Crippen LogP contribution in [0.3, 0.4) is 0 Å². The molecule has 0 radical (unpaired) electrons. The Labute approximate surface area is 154 Å². The molecule has 3 aromatic carbocycles. The van der Waals surface area contributed by atoms with Gasteiger partial charge in [0.1, 0.15) is 0 Å². The maximum absolute atomic E-state index is 12.9. The highest BCUT2D eigenvalue weighted by Crippen LogP contribution is 2.32. The summed E-state index contributed by atoms with van der Waals surface area (Å²) >= 11 is 0. The minimum Gasteiger partial charge on any atom is -0.326 e. The van der Waals surface area contributed by atoms with Crippen LogP contribution in [0.2, 0.25) is 0 Å². The number of rotatable bonds is 3. The summed E-state index contributed by atoms with van der Waals surface area (Å²) in [6.45, 7) is 0. The molecule has 3 nitrogen and oxygen atoms in total. The van der Waals surface area contributed by atoms with Gasteiger partial charge in [0.2, 0.25) is 5.95 Å². The summed E-state index contributed by atoms with van der Waals surface area (Å²) in [5, 5.41) is 3.17. The van der Waals surface area contributed by atoms with E-state index in [1.807, 2.05) is 54.6 Å². The van der Waals surface area contributed by atoms with E-state index in [9.17, 15) is 13.2 Å². The first-order valence-corrected chi connectivity index (χ1v) is 8.38. The molecule has 0 fully saturated rings. The van der Waals surface area contributed by atoms with Crippen molar-refractivity contribution in [2.45, 2.75) is 6.18 Å².